The van der Waals surface area contributed by atoms with Crippen molar-refractivity contribution >= 4 is 12.2 Å². The third kappa shape index (κ3) is 1.90. The van der Waals surface area contributed by atoms with Crippen molar-refractivity contribution in [2.24, 2.45) is 0 Å². The molecule has 96 valence electrons. The van der Waals surface area contributed by atoms with Crippen LogP contribution < -0.4 is 0 Å². The van der Waals surface area contributed by atoms with Gasteiger partial charge in [0.1, 0.15) is 10.5 Å². The lowest BCUT2D eigenvalue weighted by Crippen LogP contribution is -2.57. The number of aromatic amines is 1. The summed E-state index contributed by atoms with van der Waals surface area (Å²) >= 11 is 5.33. The summed E-state index contributed by atoms with van der Waals surface area (Å²) in [6.45, 7) is 5.85. The molecule has 4 fully saturated rings. The second-order valence-corrected chi connectivity index (χ2v) is 6.10. The average molecular weight is 262 g/mol. The second-order valence-electron chi connectivity index (χ2n) is 5.69. The first-order chi connectivity index (χ1) is 8.79. The molecular weight excluding hydrogens is 244 g/mol. The van der Waals surface area contributed by atoms with Crippen LogP contribution in [0.1, 0.15) is 36.3 Å². The fraction of sp³-hybridized carbons (Fsp3) is 0.692. The summed E-state index contributed by atoms with van der Waals surface area (Å²) in [5, 5.41) is 0. The number of fused-ring (bicyclic) bond motifs is 3. The molecule has 0 radical (unpaired) electrons. The van der Waals surface area contributed by atoms with Gasteiger partial charge in [-0.1, -0.05) is 12.2 Å². The van der Waals surface area contributed by atoms with Crippen LogP contribution in [0.4, 0.5) is 0 Å². The molecule has 4 heterocycles. The van der Waals surface area contributed by atoms with Crippen molar-refractivity contribution in [3.63, 3.8) is 0 Å². The maximum absolute atomic E-state index is 5.33. The molecule has 1 N–H and O–H groups in total. The van der Waals surface area contributed by atoms with Crippen LogP contribution >= 0.6 is 12.2 Å². The zero-order valence-corrected chi connectivity index (χ0v) is 11.2. The number of nitrogens with zero attached hydrogens (tertiary/aromatic N) is 3. The summed E-state index contributed by atoms with van der Waals surface area (Å²) < 4.78 is 0.753. The second kappa shape index (κ2) is 4.11. The normalized spacial score (nSPS) is 34.8. The molecular formula is C13H18N4S. The Morgan fingerprint density at radius 2 is 2.00 bits per heavy atom. The van der Waals surface area contributed by atoms with Crippen LogP contribution in [0.3, 0.4) is 0 Å². The molecule has 5 rings (SSSR count). The van der Waals surface area contributed by atoms with Crippen molar-refractivity contribution < 1.29 is 0 Å². The SMILES string of the molecule is S=c1cc(C2CC2)[nH]c(C2CN3CCN2CC3)n1. The highest BCUT2D eigenvalue weighted by atomic mass is 32.1. The molecule has 1 aromatic rings. The maximum atomic E-state index is 5.33. The molecule has 1 saturated carbocycles. The van der Waals surface area contributed by atoms with Gasteiger partial charge in [-0.3, -0.25) is 9.80 Å². The van der Waals surface area contributed by atoms with Gasteiger partial charge in [-0.15, -0.1) is 0 Å². The fourth-order valence-electron chi connectivity index (χ4n) is 3.15. The summed E-state index contributed by atoms with van der Waals surface area (Å²) in [7, 11) is 0. The Kier molecular flexibility index (Phi) is 2.53. The van der Waals surface area contributed by atoms with Gasteiger partial charge in [0.2, 0.25) is 0 Å². The van der Waals surface area contributed by atoms with E-state index in [1.165, 1.54) is 44.7 Å². The number of nitrogens with one attached hydrogen (secondary N) is 1. The molecule has 1 unspecified atom stereocenters. The summed E-state index contributed by atoms with van der Waals surface area (Å²) in [5.74, 6) is 1.80. The Morgan fingerprint density at radius 3 is 2.61 bits per heavy atom. The summed E-state index contributed by atoms with van der Waals surface area (Å²) in [5.41, 5.74) is 1.31. The van der Waals surface area contributed by atoms with Crippen LogP contribution in [0, 0.1) is 4.64 Å². The zero-order valence-electron chi connectivity index (χ0n) is 10.4. The highest BCUT2D eigenvalue weighted by Gasteiger charge is 2.35. The maximum Gasteiger partial charge on any atom is 0.130 e. The van der Waals surface area contributed by atoms with E-state index in [-0.39, 0.29) is 0 Å². The third-order valence-electron chi connectivity index (χ3n) is 4.39. The minimum Gasteiger partial charge on any atom is -0.345 e. The lowest BCUT2D eigenvalue weighted by Gasteiger charge is -2.46. The monoisotopic (exact) mass is 262 g/mol. The number of hydrogen-bond acceptors (Lipinski definition) is 4. The summed E-state index contributed by atoms with van der Waals surface area (Å²) in [6, 6.07) is 2.47. The molecule has 0 spiro atoms. The van der Waals surface area contributed by atoms with E-state index in [1.807, 2.05) is 6.07 Å². The first-order valence-corrected chi connectivity index (χ1v) is 7.28. The van der Waals surface area contributed by atoms with Crippen LogP contribution in [0.5, 0.6) is 0 Å². The molecule has 0 amide bonds. The lowest BCUT2D eigenvalue weighted by atomic mass is 10.1. The molecule has 3 saturated heterocycles. The smallest absolute Gasteiger partial charge is 0.130 e. The number of rotatable bonds is 2. The van der Waals surface area contributed by atoms with E-state index in [0.29, 0.717) is 12.0 Å². The first kappa shape index (κ1) is 11.1. The highest BCUT2D eigenvalue weighted by molar-refractivity contribution is 7.71. The molecule has 1 atom stereocenters. The van der Waals surface area contributed by atoms with Gasteiger partial charge in [0.15, 0.2) is 0 Å². The molecule has 0 aromatic carbocycles. The number of hydrogen-bond donors (Lipinski definition) is 1. The largest absolute Gasteiger partial charge is 0.345 e. The summed E-state index contributed by atoms with van der Waals surface area (Å²) in [6.07, 6.45) is 2.60. The van der Waals surface area contributed by atoms with Crippen molar-refractivity contribution in [3.05, 3.63) is 22.2 Å². The molecule has 5 heteroatoms. The Labute approximate surface area is 112 Å². The van der Waals surface area contributed by atoms with Gasteiger partial charge in [0.25, 0.3) is 0 Å². The standard InChI is InChI=1S/C13H18N4S/c18-12-7-10(9-1-2-9)14-13(15-12)11-8-16-3-5-17(11)6-4-16/h7,9,11H,1-6,8H2,(H,14,15,18). The van der Waals surface area contributed by atoms with Gasteiger partial charge in [-0.2, -0.15) is 0 Å². The quantitative estimate of drug-likeness (QED) is 0.823. The predicted molar refractivity (Wildman–Crippen MR) is 72.2 cm³/mol. The third-order valence-corrected chi connectivity index (χ3v) is 4.60. The van der Waals surface area contributed by atoms with Crippen LogP contribution in [-0.4, -0.2) is 52.5 Å². The first-order valence-electron chi connectivity index (χ1n) is 6.87. The number of aromatic nitrogens is 2. The lowest BCUT2D eigenvalue weighted by molar-refractivity contribution is 0.00851. The van der Waals surface area contributed by atoms with Crippen LogP contribution in [0.25, 0.3) is 0 Å². The van der Waals surface area contributed by atoms with Gasteiger partial charge in [0, 0.05) is 38.4 Å². The molecule has 18 heavy (non-hydrogen) atoms. The zero-order chi connectivity index (χ0) is 12.1. The molecule has 1 aromatic heterocycles. The Balaban J connectivity index is 1.69. The predicted octanol–water partition coefficient (Wildman–Crippen LogP) is 1.69. The van der Waals surface area contributed by atoms with Gasteiger partial charge in [-0.05, 0) is 24.8 Å². The van der Waals surface area contributed by atoms with E-state index in [2.05, 4.69) is 19.8 Å². The van der Waals surface area contributed by atoms with E-state index in [9.17, 15) is 0 Å². The van der Waals surface area contributed by atoms with Crippen molar-refractivity contribution in [2.45, 2.75) is 24.8 Å². The minimum absolute atomic E-state index is 0.424. The molecule has 2 bridgehead atoms. The fourth-order valence-corrected chi connectivity index (χ4v) is 3.37. The van der Waals surface area contributed by atoms with Crippen molar-refractivity contribution in [2.75, 3.05) is 32.7 Å². The molecule has 4 aliphatic rings. The van der Waals surface area contributed by atoms with Gasteiger partial charge >= 0.3 is 0 Å². The van der Waals surface area contributed by atoms with E-state index < -0.39 is 0 Å². The molecule has 4 nitrogen and oxygen atoms in total. The topological polar surface area (TPSA) is 35.2 Å². The molecule has 1 aliphatic carbocycles. The van der Waals surface area contributed by atoms with Gasteiger partial charge in [-0.25, -0.2) is 4.98 Å². The van der Waals surface area contributed by atoms with E-state index >= 15 is 0 Å². The van der Waals surface area contributed by atoms with Crippen molar-refractivity contribution in [1.82, 2.24) is 19.8 Å². The molecule has 3 aliphatic heterocycles. The van der Waals surface area contributed by atoms with E-state index in [0.717, 1.165) is 17.0 Å². The van der Waals surface area contributed by atoms with Gasteiger partial charge in [0.05, 0.1) is 6.04 Å². The minimum atomic E-state index is 0.424. The average Bonchev–Trinajstić information content (AvgIpc) is 3.23. The van der Waals surface area contributed by atoms with Crippen molar-refractivity contribution in [1.29, 1.82) is 0 Å². The van der Waals surface area contributed by atoms with Crippen molar-refractivity contribution in [3.8, 4) is 0 Å². The summed E-state index contributed by atoms with van der Waals surface area (Å²) in [4.78, 5) is 13.2. The van der Waals surface area contributed by atoms with Crippen LogP contribution in [-0.2, 0) is 0 Å². The van der Waals surface area contributed by atoms with Gasteiger partial charge < -0.3 is 4.98 Å². The Morgan fingerprint density at radius 1 is 1.22 bits per heavy atom. The number of H-pyrrole nitrogens is 1. The Bertz CT molecular complexity index is 514. The van der Waals surface area contributed by atoms with E-state index in [1.54, 1.807) is 0 Å². The van der Waals surface area contributed by atoms with E-state index in [4.69, 9.17) is 12.2 Å². The number of piperazine rings is 3. The van der Waals surface area contributed by atoms with Crippen LogP contribution in [0.15, 0.2) is 6.07 Å². The highest BCUT2D eigenvalue weighted by Crippen LogP contribution is 2.39. The van der Waals surface area contributed by atoms with Crippen LogP contribution in [0.2, 0.25) is 0 Å². The Hall–Kier alpha value is -0.780.